The van der Waals surface area contributed by atoms with Crippen LogP contribution < -0.4 is 0 Å². The Kier molecular flexibility index (Phi) is 6.84. The van der Waals surface area contributed by atoms with Crippen molar-refractivity contribution in [2.75, 3.05) is 26.4 Å². The normalized spacial score (nSPS) is 38.1. The van der Waals surface area contributed by atoms with Crippen molar-refractivity contribution in [2.45, 2.75) is 65.7 Å². The molecule has 1 heterocycles. The highest BCUT2D eigenvalue weighted by atomic mass is 16.9. The van der Waals surface area contributed by atoms with Crippen LogP contribution in [0.1, 0.15) is 41.5 Å². The van der Waals surface area contributed by atoms with Crippen LogP contribution in [0.15, 0.2) is 0 Å². The molecule has 0 aromatic heterocycles. The van der Waals surface area contributed by atoms with Crippen molar-refractivity contribution in [3.05, 3.63) is 0 Å². The zero-order valence-electron chi connectivity index (χ0n) is 13.4. The lowest BCUT2D eigenvalue weighted by atomic mass is 10.1. The average molecular weight is 292 g/mol. The third kappa shape index (κ3) is 3.69. The molecule has 1 rings (SSSR count). The Balaban J connectivity index is 2.97. The highest BCUT2D eigenvalue weighted by Crippen LogP contribution is 2.40. The molecule has 4 unspecified atom stereocenters. The Bertz CT molecular complexity index is 259. The average Bonchev–Trinajstić information content (AvgIpc) is 2.37. The van der Waals surface area contributed by atoms with Crippen LogP contribution in [0.5, 0.6) is 0 Å². The molecular formula is C14H28O6. The summed E-state index contributed by atoms with van der Waals surface area (Å²) in [6, 6.07) is 0. The monoisotopic (exact) mass is 292 g/mol. The highest BCUT2D eigenvalue weighted by molar-refractivity contribution is 4.87. The van der Waals surface area contributed by atoms with E-state index < -0.39 is 24.2 Å². The van der Waals surface area contributed by atoms with E-state index in [0.717, 1.165) is 0 Å². The van der Waals surface area contributed by atoms with Crippen molar-refractivity contribution < 1.29 is 28.4 Å². The molecule has 120 valence electrons. The minimum absolute atomic E-state index is 0.473. The first-order chi connectivity index (χ1) is 9.46. The van der Waals surface area contributed by atoms with Crippen molar-refractivity contribution in [1.29, 1.82) is 0 Å². The van der Waals surface area contributed by atoms with E-state index in [-0.39, 0.29) is 0 Å². The van der Waals surface area contributed by atoms with Crippen LogP contribution in [0.2, 0.25) is 0 Å². The van der Waals surface area contributed by atoms with E-state index in [1.165, 1.54) is 0 Å². The quantitative estimate of drug-likeness (QED) is 0.684. The molecule has 1 aliphatic rings. The molecule has 0 aliphatic carbocycles. The molecular weight excluding hydrogens is 264 g/mol. The first-order valence-electron chi connectivity index (χ1n) is 7.33. The van der Waals surface area contributed by atoms with Gasteiger partial charge in [-0.15, -0.1) is 0 Å². The van der Waals surface area contributed by atoms with Gasteiger partial charge in [0.2, 0.25) is 24.2 Å². The van der Waals surface area contributed by atoms with Gasteiger partial charge in [-0.1, -0.05) is 0 Å². The van der Waals surface area contributed by atoms with Gasteiger partial charge in [0, 0.05) is 26.4 Å². The molecule has 0 spiro atoms. The third-order valence-corrected chi connectivity index (χ3v) is 3.23. The molecule has 6 nitrogen and oxygen atoms in total. The maximum absolute atomic E-state index is 5.97. The van der Waals surface area contributed by atoms with Gasteiger partial charge in [-0.2, -0.15) is 0 Å². The second-order valence-electron chi connectivity index (χ2n) is 4.64. The van der Waals surface area contributed by atoms with Crippen molar-refractivity contribution in [3.63, 3.8) is 0 Å². The molecule has 0 amide bonds. The SMILES string of the molecule is CCOC1OC(C)(OCC)C(C)(OCC)OC1OCC. The van der Waals surface area contributed by atoms with Gasteiger partial charge >= 0.3 is 0 Å². The predicted octanol–water partition coefficient (Wildman–Crippen LogP) is 2.26. The van der Waals surface area contributed by atoms with Crippen LogP contribution in [-0.4, -0.2) is 50.6 Å². The number of ether oxygens (including phenoxy) is 6. The summed E-state index contributed by atoms with van der Waals surface area (Å²) in [6.07, 6.45) is -1.30. The summed E-state index contributed by atoms with van der Waals surface area (Å²) < 4.78 is 34.5. The van der Waals surface area contributed by atoms with Gasteiger partial charge in [-0.05, 0) is 41.5 Å². The van der Waals surface area contributed by atoms with Crippen LogP contribution in [0.25, 0.3) is 0 Å². The predicted molar refractivity (Wildman–Crippen MR) is 73.1 cm³/mol. The maximum atomic E-state index is 5.97. The van der Waals surface area contributed by atoms with Gasteiger partial charge in [-0.25, -0.2) is 0 Å². The first kappa shape index (κ1) is 17.8. The van der Waals surface area contributed by atoms with E-state index in [4.69, 9.17) is 28.4 Å². The minimum atomic E-state index is -1.06. The molecule has 0 aromatic rings. The van der Waals surface area contributed by atoms with Crippen molar-refractivity contribution in [2.24, 2.45) is 0 Å². The van der Waals surface area contributed by atoms with Crippen LogP contribution in [-0.2, 0) is 28.4 Å². The van der Waals surface area contributed by atoms with E-state index >= 15 is 0 Å². The highest BCUT2D eigenvalue weighted by Gasteiger charge is 2.58. The van der Waals surface area contributed by atoms with Crippen LogP contribution in [0.4, 0.5) is 0 Å². The van der Waals surface area contributed by atoms with E-state index in [2.05, 4.69) is 0 Å². The maximum Gasteiger partial charge on any atom is 0.223 e. The van der Waals surface area contributed by atoms with Gasteiger partial charge in [0.05, 0.1) is 0 Å². The summed E-state index contributed by atoms with van der Waals surface area (Å²) in [4.78, 5) is 0. The molecule has 6 heteroatoms. The van der Waals surface area contributed by atoms with Crippen molar-refractivity contribution in [1.82, 2.24) is 0 Å². The summed E-state index contributed by atoms with van der Waals surface area (Å²) in [5.74, 6) is -2.13. The zero-order valence-corrected chi connectivity index (χ0v) is 13.4. The summed E-state index contributed by atoms with van der Waals surface area (Å²) >= 11 is 0. The van der Waals surface area contributed by atoms with Gasteiger partial charge < -0.3 is 28.4 Å². The minimum Gasteiger partial charge on any atom is -0.348 e. The standard InChI is InChI=1S/C14H28O6/c1-7-15-11-12(16-8-2)20-14(6,18-10-4)13(5,19-11)17-9-3/h11-12H,7-10H2,1-6H3. The van der Waals surface area contributed by atoms with Crippen molar-refractivity contribution >= 4 is 0 Å². The molecule has 0 bridgehead atoms. The molecule has 0 radical (unpaired) electrons. The van der Waals surface area contributed by atoms with E-state index in [1.54, 1.807) is 13.8 Å². The fourth-order valence-electron chi connectivity index (χ4n) is 2.20. The van der Waals surface area contributed by atoms with E-state index in [0.29, 0.717) is 26.4 Å². The molecule has 20 heavy (non-hydrogen) atoms. The van der Waals surface area contributed by atoms with Crippen molar-refractivity contribution in [3.8, 4) is 0 Å². The Labute approximate surface area is 121 Å². The fraction of sp³-hybridized carbons (Fsp3) is 1.00. The second kappa shape index (κ2) is 7.68. The fourth-order valence-corrected chi connectivity index (χ4v) is 2.20. The van der Waals surface area contributed by atoms with Crippen LogP contribution in [0.3, 0.4) is 0 Å². The molecule has 1 aliphatic heterocycles. The topological polar surface area (TPSA) is 55.4 Å². The second-order valence-corrected chi connectivity index (χ2v) is 4.64. The largest absolute Gasteiger partial charge is 0.348 e. The molecule has 0 N–H and O–H groups in total. The number of hydrogen-bond donors (Lipinski definition) is 0. The number of hydrogen-bond acceptors (Lipinski definition) is 6. The molecule has 1 fully saturated rings. The molecule has 1 saturated heterocycles. The van der Waals surface area contributed by atoms with Gasteiger partial charge in [-0.3, -0.25) is 0 Å². The van der Waals surface area contributed by atoms with E-state index in [1.807, 2.05) is 27.7 Å². The summed E-state index contributed by atoms with van der Waals surface area (Å²) in [6.45, 7) is 13.1. The van der Waals surface area contributed by atoms with E-state index in [9.17, 15) is 0 Å². The lowest BCUT2D eigenvalue weighted by Crippen LogP contribution is -2.66. The Morgan fingerprint density at radius 1 is 0.700 bits per heavy atom. The molecule has 0 aromatic carbocycles. The summed E-state index contributed by atoms with van der Waals surface area (Å²) in [5.41, 5.74) is 0. The Morgan fingerprint density at radius 2 is 1.05 bits per heavy atom. The van der Waals surface area contributed by atoms with Gasteiger partial charge in [0.1, 0.15) is 0 Å². The van der Waals surface area contributed by atoms with Gasteiger partial charge in [0.15, 0.2) is 0 Å². The Morgan fingerprint density at radius 3 is 1.30 bits per heavy atom. The van der Waals surface area contributed by atoms with Crippen LogP contribution in [0, 0.1) is 0 Å². The smallest absolute Gasteiger partial charge is 0.223 e. The van der Waals surface area contributed by atoms with Gasteiger partial charge in [0.25, 0.3) is 0 Å². The molecule has 0 saturated carbocycles. The molecule has 4 atom stereocenters. The third-order valence-electron chi connectivity index (χ3n) is 3.23. The Hall–Kier alpha value is -0.240. The number of rotatable bonds is 8. The lowest BCUT2D eigenvalue weighted by molar-refractivity contribution is -0.508. The first-order valence-corrected chi connectivity index (χ1v) is 7.33. The lowest BCUT2D eigenvalue weighted by Gasteiger charge is -2.51. The zero-order chi connectivity index (χ0) is 15.2. The van der Waals surface area contributed by atoms with Crippen LogP contribution >= 0.6 is 0 Å². The summed E-state index contributed by atoms with van der Waals surface area (Å²) in [5, 5.41) is 0. The summed E-state index contributed by atoms with van der Waals surface area (Å²) in [7, 11) is 0.